The molecule has 1 aliphatic carbocycles. The number of nitrogens with zero attached hydrogens (tertiary/aromatic N) is 4. The summed E-state index contributed by atoms with van der Waals surface area (Å²) in [5.74, 6) is 1.77. The normalized spacial score (nSPS) is 12.9. The second-order valence-electron chi connectivity index (χ2n) is 17.6. The van der Waals surface area contributed by atoms with E-state index in [1.807, 2.05) is 12.1 Å². The van der Waals surface area contributed by atoms with E-state index in [0.29, 0.717) is 17.5 Å². The predicted molar refractivity (Wildman–Crippen MR) is 266 cm³/mol. The van der Waals surface area contributed by atoms with Gasteiger partial charge in [0.25, 0.3) is 0 Å². The van der Waals surface area contributed by atoms with Crippen LogP contribution in [0.3, 0.4) is 0 Å². The summed E-state index contributed by atoms with van der Waals surface area (Å²) in [5, 5.41) is 4.36. The van der Waals surface area contributed by atoms with Crippen molar-refractivity contribution >= 4 is 43.7 Å². The van der Waals surface area contributed by atoms with Crippen molar-refractivity contribution < 1.29 is 4.42 Å². The molecule has 0 amide bonds. The maximum absolute atomic E-state index is 6.61. The Bertz CT molecular complexity index is 3860. The predicted octanol–water partition coefficient (Wildman–Crippen LogP) is 15.5. The molecule has 12 aromatic rings. The molecule has 0 aliphatic heterocycles. The lowest BCUT2D eigenvalue weighted by atomic mass is 9.82. The van der Waals surface area contributed by atoms with Crippen LogP contribution in [0, 0.1) is 0 Å². The number of furan rings is 1. The number of fused-ring (bicyclic) bond motifs is 9. The molecular formula is C60H40N4O. The van der Waals surface area contributed by atoms with Crippen LogP contribution in [0.4, 0.5) is 0 Å². The average Bonchev–Trinajstić information content (AvgIpc) is 3.99. The van der Waals surface area contributed by atoms with Gasteiger partial charge in [-0.25, -0.2) is 15.0 Å². The molecule has 0 saturated heterocycles. The standard InChI is InChI=1S/C60H40N4O/c1-60(2)49-26-11-9-22-44(49)48-35-39(31-33-50(48)60)38-18-13-19-40(34-38)57-61-58(41-30-32-46-54(36-41)65-53-29-15-24-43(56(46)53)37-16-5-3-6-17-37)63-59(62-57)47-25-14-28-52-55(47)45-23-10-12-27-51(45)64(52)42-20-7-4-8-21-42/h3-36H,1-2H3. The summed E-state index contributed by atoms with van der Waals surface area (Å²) in [7, 11) is 0. The summed E-state index contributed by atoms with van der Waals surface area (Å²) in [6.45, 7) is 4.64. The van der Waals surface area contributed by atoms with Crippen LogP contribution in [0.2, 0.25) is 0 Å². The van der Waals surface area contributed by atoms with Crippen molar-refractivity contribution in [3.05, 3.63) is 217 Å². The smallest absolute Gasteiger partial charge is 0.164 e. The zero-order valence-electron chi connectivity index (χ0n) is 35.8. The first-order valence-corrected chi connectivity index (χ1v) is 22.2. The molecule has 306 valence electrons. The molecular weight excluding hydrogens is 793 g/mol. The summed E-state index contributed by atoms with van der Waals surface area (Å²) < 4.78 is 8.94. The lowest BCUT2D eigenvalue weighted by Crippen LogP contribution is -2.14. The minimum Gasteiger partial charge on any atom is -0.456 e. The lowest BCUT2D eigenvalue weighted by Gasteiger charge is -2.21. The third kappa shape index (κ3) is 5.82. The van der Waals surface area contributed by atoms with Crippen molar-refractivity contribution in [3.8, 4) is 73.2 Å². The molecule has 5 nitrogen and oxygen atoms in total. The van der Waals surface area contributed by atoms with Crippen LogP contribution in [0.5, 0.6) is 0 Å². The second kappa shape index (κ2) is 14.3. The topological polar surface area (TPSA) is 56.7 Å². The summed E-state index contributed by atoms with van der Waals surface area (Å²) in [6.07, 6.45) is 0. The Morgan fingerprint density at radius 1 is 0.369 bits per heavy atom. The average molecular weight is 833 g/mol. The molecule has 3 aromatic heterocycles. The number of benzene rings is 9. The first kappa shape index (κ1) is 37.2. The molecule has 0 unspecified atom stereocenters. The van der Waals surface area contributed by atoms with E-state index in [0.717, 1.165) is 88.4 Å². The Hall–Kier alpha value is -8.41. The van der Waals surface area contributed by atoms with Gasteiger partial charge in [-0.3, -0.25) is 0 Å². The highest BCUT2D eigenvalue weighted by Gasteiger charge is 2.35. The van der Waals surface area contributed by atoms with Crippen LogP contribution in [0.25, 0.3) is 117 Å². The molecule has 0 saturated carbocycles. The van der Waals surface area contributed by atoms with Crippen LogP contribution in [-0.4, -0.2) is 19.5 Å². The van der Waals surface area contributed by atoms with Gasteiger partial charge in [-0.15, -0.1) is 0 Å². The highest BCUT2D eigenvalue weighted by molar-refractivity contribution is 6.16. The Morgan fingerprint density at radius 2 is 0.969 bits per heavy atom. The number of aromatic nitrogens is 4. The summed E-state index contributed by atoms with van der Waals surface area (Å²) in [6, 6.07) is 73.0. The van der Waals surface area contributed by atoms with Gasteiger partial charge in [0.05, 0.1) is 11.0 Å². The highest BCUT2D eigenvalue weighted by Crippen LogP contribution is 2.50. The van der Waals surface area contributed by atoms with Gasteiger partial charge in [0.1, 0.15) is 11.2 Å². The summed E-state index contributed by atoms with van der Waals surface area (Å²) >= 11 is 0. The van der Waals surface area contributed by atoms with Gasteiger partial charge in [0.2, 0.25) is 0 Å². The van der Waals surface area contributed by atoms with E-state index in [1.54, 1.807) is 0 Å². The Balaban J connectivity index is 1.01. The summed E-state index contributed by atoms with van der Waals surface area (Å²) in [5.41, 5.74) is 17.4. The molecule has 0 spiro atoms. The number of hydrogen-bond donors (Lipinski definition) is 0. The van der Waals surface area contributed by atoms with E-state index in [-0.39, 0.29) is 5.41 Å². The Kier molecular flexibility index (Phi) is 8.18. The van der Waals surface area contributed by atoms with Crippen molar-refractivity contribution in [2.24, 2.45) is 0 Å². The molecule has 0 N–H and O–H groups in total. The van der Waals surface area contributed by atoms with E-state index in [1.165, 1.54) is 22.3 Å². The van der Waals surface area contributed by atoms with Crippen LogP contribution in [-0.2, 0) is 5.41 Å². The fourth-order valence-electron chi connectivity index (χ4n) is 10.4. The number of hydrogen-bond acceptors (Lipinski definition) is 4. The van der Waals surface area contributed by atoms with Gasteiger partial charge < -0.3 is 8.98 Å². The molecule has 0 bridgehead atoms. The lowest BCUT2D eigenvalue weighted by molar-refractivity contribution is 0.660. The van der Waals surface area contributed by atoms with Gasteiger partial charge in [0, 0.05) is 49.3 Å². The van der Waals surface area contributed by atoms with Crippen LogP contribution in [0.15, 0.2) is 211 Å². The zero-order chi connectivity index (χ0) is 43.2. The van der Waals surface area contributed by atoms with E-state index in [2.05, 4.69) is 213 Å². The molecule has 13 rings (SSSR count). The van der Waals surface area contributed by atoms with E-state index in [9.17, 15) is 0 Å². The quantitative estimate of drug-likeness (QED) is 0.167. The maximum atomic E-state index is 6.61. The van der Waals surface area contributed by atoms with Gasteiger partial charge in [0.15, 0.2) is 17.5 Å². The van der Waals surface area contributed by atoms with E-state index < -0.39 is 0 Å². The van der Waals surface area contributed by atoms with E-state index in [4.69, 9.17) is 19.4 Å². The molecule has 0 fully saturated rings. The third-order valence-electron chi connectivity index (χ3n) is 13.5. The first-order chi connectivity index (χ1) is 32.0. The minimum absolute atomic E-state index is 0.0597. The fourth-order valence-corrected chi connectivity index (χ4v) is 10.4. The number of rotatable bonds is 6. The molecule has 9 aromatic carbocycles. The van der Waals surface area contributed by atoms with Gasteiger partial charge >= 0.3 is 0 Å². The van der Waals surface area contributed by atoms with E-state index >= 15 is 0 Å². The molecule has 1 aliphatic rings. The molecule has 65 heavy (non-hydrogen) atoms. The van der Waals surface area contributed by atoms with Crippen LogP contribution >= 0.6 is 0 Å². The monoisotopic (exact) mass is 832 g/mol. The molecule has 0 radical (unpaired) electrons. The van der Waals surface area contributed by atoms with Crippen LogP contribution in [0.1, 0.15) is 25.0 Å². The number of para-hydroxylation sites is 2. The van der Waals surface area contributed by atoms with Crippen molar-refractivity contribution in [3.63, 3.8) is 0 Å². The molecule has 0 atom stereocenters. The SMILES string of the molecule is CC1(C)c2ccccc2-c2cc(-c3cccc(-c4nc(-c5ccc6c(c5)oc5cccc(-c7ccccc7)c56)nc(-c5cccc6c5c5ccccc5n6-c5ccccc5)n4)c3)ccc21. The van der Waals surface area contributed by atoms with Gasteiger partial charge in [-0.05, 0) is 99.1 Å². The minimum atomic E-state index is -0.0597. The zero-order valence-corrected chi connectivity index (χ0v) is 35.8. The Labute approximate surface area is 376 Å². The van der Waals surface area contributed by atoms with Gasteiger partial charge in [-0.2, -0.15) is 0 Å². The van der Waals surface area contributed by atoms with Crippen LogP contribution < -0.4 is 0 Å². The fraction of sp³-hybridized carbons (Fsp3) is 0.0500. The first-order valence-electron chi connectivity index (χ1n) is 22.2. The second-order valence-corrected chi connectivity index (χ2v) is 17.6. The van der Waals surface area contributed by atoms with Crippen molar-refractivity contribution in [2.75, 3.05) is 0 Å². The Morgan fingerprint density at radius 3 is 1.83 bits per heavy atom. The van der Waals surface area contributed by atoms with Crippen molar-refractivity contribution in [2.45, 2.75) is 19.3 Å². The third-order valence-corrected chi connectivity index (χ3v) is 13.5. The van der Waals surface area contributed by atoms with Crippen molar-refractivity contribution in [1.82, 2.24) is 19.5 Å². The largest absolute Gasteiger partial charge is 0.456 e. The van der Waals surface area contributed by atoms with Gasteiger partial charge in [-0.1, -0.05) is 166 Å². The molecule has 5 heteroatoms. The van der Waals surface area contributed by atoms with Crippen molar-refractivity contribution in [1.29, 1.82) is 0 Å². The highest BCUT2D eigenvalue weighted by atomic mass is 16.3. The molecule has 3 heterocycles. The summed E-state index contributed by atoms with van der Waals surface area (Å²) in [4.78, 5) is 16.0. The maximum Gasteiger partial charge on any atom is 0.164 e.